The normalized spacial score (nSPS) is 27.8. The van der Waals surface area contributed by atoms with Crippen molar-refractivity contribution in [3.05, 3.63) is 35.6 Å². The zero-order valence-corrected chi connectivity index (χ0v) is 10.9. The van der Waals surface area contributed by atoms with Crippen LogP contribution in [0.2, 0.25) is 0 Å². The Morgan fingerprint density at radius 3 is 2.44 bits per heavy atom. The number of rotatable bonds is 2. The van der Waals surface area contributed by atoms with Crippen LogP contribution in [0, 0.1) is 17.7 Å². The second-order valence-electron chi connectivity index (χ2n) is 5.44. The van der Waals surface area contributed by atoms with E-state index in [2.05, 4.69) is 19.2 Å². The summed E-state index contributed by atoms with van der Waals surface area (Å²) in [5, 5.41) is 3.04. The van der Waals surface area contributed by atoms with Crippen molar-refractivity contribution in [2.45, 2.75) is 39.2 Å². The molecule has 0 saturated heterocycles. The lowest BCUT2D eigenvalue weighted by Crippen LogP contribution is -2.39. The van der Waals surface area contributed by atoms with Gasteiger partial charge in [-0.3, -0.25) is 4.79 Å². The van der Waals surface area contributed by atoms with Crippen LogP contribution < -0.4 is 5.32 Å². The van der Waals surface area contributed by atoms with Crippen LogP contribution in [0.25, 0.3) is 0 Å². The van der Waals surface area contributed by atoms with E-state index >= 15 is 0 Å². The molecule has 1 aliphatic rings. The summed E-state index contributed by atoms with van der Waals surface area (Å²) in [6, 6.07) is 5.95. The van der Waals surface area contributed by atoms with Gasteiger partial charge in [-0.2, -0.15) is 0 Å². The van der Waals surface area contributed by atoms with Gasteiger partial charge in [0.25, 0.3) is 5.91 Å². The number of benzene rings is 1. The number of halogens is 1. The van der Waals surface area contributed by atoms with Crippen LogP contribution in [0.3, 0.4) is 0 Å². The topological polar surface area (TPSA) is 29.1 Å². The largest absolute Gasteiger partial charge is 0.349 e. The molecule has 0 aliphatic heterocycles. The average molecular weight is 249 g/mol. The first kappa shape index (κ1) is 13.1. The molecule has 3 unspecified atom stereocenters. The van der Waals surface area contributed by atoms with Crippen LogP contribution in [0.1, 0.15) is 43.5 Å². The highest BCUT2D eigenvalue weighted by Gasteiger charge is 2.25. The van der Waals surface area contributed by atoms with Gasteiger partial charge in [-0.25, -0.2) is 4.39 Å². The van der Waals surface area contributed by atoms with Crippen molar-refractivity contribution in [2.75, 3.05) is 0 Å². The molecule has 1 N–H and O–H groups in total. The number of amides is 1. The molecule has 98 valence electrons. The molecule has 2 rings (SSSR count). The summed E-state index contributed by atoms with van der Waals surface area (Å²) in [5.41, 5.74) is 0.530. The Hall–Kier alpha value is -1.38. The fraction of sp³-hybridized carbons (Fsp3) is 0.533. The van der Waals surface area contributed by atoms with Crippen LogP contribution in [0.15, 0.2) is 24.3 Å². The first-order valence-corrected chi connectivity index (χ1v) is 6.62. The summed E-state index contributed by atoms with van der Waals surface area (Å²) in [6.07, 6.45) is 3.24. The zero-order chi connectivity index (χ0) is 13.1. The van der Waals surface area contributed by atoms with Crippen LogP contribution in [0.5, 0.6) is 0 Å². The highest BCUT2D eigenvalue weighted by Crippen LogP contribution is 2.29. The summed E-state index contributed by atoms with van der Waals surface area (Å²) in [4.78, 5) is 12.0. The Bertz CT molecular complexity index is 415. The molecule has 0 aromatic heterocycles. The third kappa shape index (κ3) is 3.09. The summed E-state index contributed by atoms with van der Waals surface area (Å²) in [6.45, 7) is 4.50. The molecule has 2 nitrogen and oxygen atoms in total. The predicted octanol–water partition coefficient (Wildman–Crippen LogP) is 3.38. The molecule has 1 aromatic rings. The van der Waals surface area contributed by atoms with Crippen molar-refractivity contribution < 1.29 is 9.18 Å². The zero-order valence-electron chi connectivity index (χ0n) is 10.9. The van der Waals surface area contributed by atoms with Gasteiger partial charge in [0.2, 0.25) is 0 Å². The predicted molar refractivity (Wildman–Crippen MR) is 69.8 cm³/mol. The maximum absolute atomic E-state index is 12.8. The van der Waals surface area contributed by atoms with E-state index in [4.69, 9.17) is 0 Å². The highest BCUT2D eigenvalue weighted by molar-refractivity contribution is 5.94. The van der Waals surface area contributed by atoms with E-state index in [1.807, 2.05) is 0 Å². The lowest BCUT2D eigenvalue weighted by Gasteiger charge is -2.32. The van der Waals surface area contributed by atoms with Crippen molar-refractivity contribution in [3.63, 3.8) is 0 Å². The molecule has 1 aromatic carbocycles. The fourth-order valence-electron chi connectivity index (χ4n) is 2.55. The lowest BCUT2D eigenvalue weighted by molar-refractivity contribution is 0.0910. The van der Waals surface area contributed by atoms with E-state index in [1.54, 1.807) is 0 Å². The number of carbonyl (C=O) groups excluding carboxylic acids is 1. The molecule has 1 aliphatic carbocycles. The molecule has 0 bridgehead atoms. The third-order valence-corrected chi connectivity index (χ3v) is 4.04. The van der Waals surface area contributed by atoms with E-state index in [1.165, 1.54) is 24.3 Å². The molecule has 0 radical (unpaired) electrons. The third-order valence-electron chi connectivity index (χ3n) is 4.04. The SMILES string of the molecule is CC1CCC(NC(=O)c2ccc(F)cc2)CC1C. The van der Waals surface area contributed by atoms with Crippen LogP contribution in [0.4, 0.5) is 4.39 Å². The van der Waals surface area contributed by atoms with Gasteiger partial charge in [-0.05, 0) is 55.4 Å². The molecular formula is C15H20FNO. The molecule has 3 heteroatoms. The Morgan fingerprint density at radius 2 is 1.83 bits per heavy atom. The Balaban J connectivity index is 1.93. The summed E-state index contributed by atoms with van der Waals surface area (Å²) < 4.78 is 12.8. The molecule has 1 fully saturated rings. The standard InChI is InChI=1S/C15H20FNO/c1-10-3-8-14(9-11(10)2)17-15(18)12-4-6-13(16)7-5-12/h4-7,10-11,14H,3,8-9H2,1-2H3,(H,17,18). The van der Waals surface area contributed by atoms with Crippen molar-refractivity contribution >= 4 is 5.91 Å². The number of nitrogens with one attached hydrogen (secondary N) is 1. The monoisotopic (exact) mass is 249 g/mol. The Kier molecular flexibility index (Phi) is 4.00. The van der Waals surface area contributed by atoms with E-state index in [0.29, 0.717) is 11.5 Å². The molecule has 1 amide bonds. The summed E-state index contributed by atoms with van der Waals surface area (Å²) >= 11 is 0. The minimum Gasteiger partial charge on any atom is -0.349 e. The maximum atomic E-state index is 12.8. The number of hydrogen-bond acceptors (Lipinski definition) is 1. The van der Waals surface area contributed by atoms with E-state index < -0.39 is 0 Å². The van der Waals surface area contributed by atoms with Gasteiger partial charge in [-0.15, -0.1) is 0 Å². The average Bonchev–Trinajstić information content (AvgIpc) is 2.34. The van der Waals surface area contributed by atoms with E-state index in [-0.39, 0.29) is 17.8 Å². The van der Waals surface area contributed by atoms with Gasteiger partial charge >= 0.3 is 0 Å². The Labute approximate surface area is 108 Å². The van der Waals surface area contributed by atoms with Crippen LogP contribution in [-0.2, 0) is 0 Å². The number of hydrogen-bond donors (Lipinski definition) is 1. The molecule has 1 saturated carbocycles. The van der Waals surface area contributed by atoms with Gasteiger partial charge < -0.3 is 5.32 Å². The van der Waals surface area contributed by atoms with E-state index in [9.17, 15) is 9.18 Å². The van der Waals surface area contributed by atoms with Gasteiger partial charge in [0.05, 0.1) is 0 Å². The van der Waals surface area contributed by atoms with Crippen molar-refractivity contribution in [1.82, 2.24) is 5.32 Å². The highest BCUT2D eigenvalue weighted by atomic mass is 19.1. The van der Waals surface area contributed by atoms with Crippen LogP contribution >= 0.6 is 0 Å². The van der Waals surface area contributed by atoms with Crippen LogP contribution in [-0.4, -0.2) is 11.9 Å². The molecule has 0 spiro atoms. The van der Waals surface area contributed by atoms with E-state index in [0.717, 1.165) is 25.2 Å². The van der Waals surface area contributed by atoms with Crippen molar-refractivity contribution in [1.29, 1.82) is 0 Å². The van der Waals surface area contributed by atoms with Gasteiger partial charge in [0.15, 0.2) is 0 Å². The molecule has 3 atom stereocenters. The fourth-order valence-corrected chi connectivity index (χ4v) is 2.55. The summed E-state index contributed by atoms with van der Waals surface area (Å²) in [7, 11) is 0. The molecule has 18 heavy (non-hydrogen) atoms. The van der Waals surface area contributed by atoms with Gasteiger partial charge in [0.1, 0.15) is 5.82 Å². The van der Waals surface area contributed by atoms with Crippen molar-refractivity contribution in [3.8, 4) is 0 Å². The minimum absolute atomic E-state index is 0.0956. The van der Waals surface area contributed by atoms with Gasteiger partial charge in [-0.1, -0.05) is 13.8 Å². The lowest BCUT2D eigenvalue weighted by atomic mass is 9.79. The van der Waals surface area contributed by atoms with Gasteiger partial charge in [0, 0.05) is 11.6 Å². The molecule has 0 heterocycles. The second kappa shape index (κ2) is 5.51. The first-order valence-electron chi connectivity index (χ1n) is 6.62. The quantitative estimate of drug-likeness (QED) is 0.855. The molecular weight excluding hydrogens is 229 g/mol. The first-order chi connectivity index (χ1) is 8.56. The van der Waals surface area contributed by atoms with Crippen molar-refractivity contribution in [2.24, 2.45) is 11.8 Å². The number of carbonyl (C=O) groups is 1. The summed E-state index contributed by atoms with van der Waals surface area (Å²) in [5.74, 6) is 0.981. The Morgan fingerprint density at radius 1 is 1.17 bits per heavy atom. The second-order valence-corrected chi connectivity index (χ2v) is 5.44. The maximum Gasteiger partial charge on any atom is 0.251 e. The minimum atomic E-state index is -0.313. The smallest absolute Gasteiger partial charge is 0.251 e.